The molecule has 0 radical (unpaired) electrons. The summed E-state index contributed by atoms with van der Waals surface area (Å²) in [6.45, 7) is 5.95. The molecule has 0 aliphatic heterocycles. The van der Waals surface area contributed by atoms with Gasteiger partial charge in [0, 0.05) is 11.8 Å². The number of hydrogen-bond acceptors (Lipinski definition) is 5. The topological polar surface area (TPSA) is 89.2 Å². The molecule has 0 N–H and O–H groups in total. The third-order valence-corrected chi connectivity index (χ3v) is 4.01. The minimum atomic E-state index is -0.683. The molecule has 0 amide bonds. The van der Waals surface area contributed by atoms with Crippen LogP contribution in [0.1, 0.15) is 52.6 Å². The van der Waals surface area contributed by atoms with Gasteiger partial charge in [-0.3, -0.25) is 9.59 Å². The van der Waals surface area contributed by atoms with Gasteiger partial charge in [-0.1, -0.05) is 45.0 Å². The van der Waals surface area contributed by atoms with E-state index in [2.05, 4.69) is 25.5 Å². The van der Waals surface area contributed by atoms with Crippen LogP contribution in [0.25, 0.3) is 0 Å². The summed E-state index contributed by atoms with van der Waals surface area (Å²) < 4.78 is 5.68. The lowest BCUT2D eigenvalue weighted by atomic mass is 9.86. The molecule has 1 aromatic heterocycles. The van der Waals surface area contributed by atoms with Gasteiger partial charge in [-0.05, 0) is 17.0 Å². The van der Waals surface area contributed by atoms with E-state index in [1.54, 1.807) is 18.2 Å². The van der Waals surface area contributed by atoms with Crippen molar-refractivity contribution in [2.24, 2.45) is 0 Å². The molecule has 0 unspecified atom stereocenters. The molecule has 0 fully saturated rings. The molecule has 26 heavy (non-hydrogen) atoms. The quantitative estimate of drug-likeness (QED) is 0.623. The van der Waals surface area contributed by atoms with Crippen molar-refractivity contribution in [3.8, 4) is 6.07 Å². The first-order valence-corrected chi connectivity index (χ1v) is 8.04. The van der Waals surface area contributed by atoms with Crippen LogP contribution in [0.4, 0.5) is 0 Å². The number of nitrogens with zero attached hydrogens (tertiary/aromatic N) is 2. The van der Waals surface area contributed by atoms with Crippen molar-refractivity contribution in [3.05, 3.63) is 69.1 Å². The lowest BCUT2D eigenvalue weighted by Gasteiger charge is -2.19. The molecule has 6 heteroatoms. The summed E-state index contributed by atoms with van der Waals surface area (Å²) in [6.07, 6.45) is 1.23. The predicted molar refractivity (Wildman–Crippen MR) is 96.2 cm³/mol. The van der Waals surface area contributed by atoms with Crippen molar-refractivity contribution in [3.63, 3.8) is 0 Å². The third kappa shape index (κ3) is 4.06. The largest absolute Gasteiger partial charge is 0.465 e. The number of rotatable bonds is 4. The van der Waals surface area contributed by atoms with E-state index in [1.807, 2.05) is 12.1 Å². The van der Waals surface area contributed by atoms with E-state index in [0.717, 1.165) is 16.2 Å². The number of esters is 1. The fourth-order valence-corrected chi connectivity index (χ4v) is 2.46. The molecule has 0 atom stereocenters. The Labute approximate surface area is 151 Å². The second-order valence-corrected chi connectivity index (χ2v) is 6.93. The number of benzene rings is 1. The molecular formula is C20H20N2O4. The third-order valence-electron chi connectivity index (χ3n) is 4.01. The molecular weight excluding hydrogens is 332 g/mol. The number of carbonyl (C=O) groups excluding carboxylic acids is 2. The van der Waals surface area contributed by atoms with Gasteiger partial charge in [-0.15, -0.1) is 0 Å². The van der Waals surface area contributed by atoms with Crippen molar-refractivity contribution in [1.82, 2.24) is 4.57 Å². The Kier molecular flexibility index (Phi) is 5.41. The summed E-state index contributed by atoms with van der Waals surface area (Å²) in [6, 6.07) is 10.1. The molecule has 2 rings (SSSR count). The number of methoxy groups -OCH3 is 1. The summed E-state index contributed by atoms with van der Waals surface area (Å²) in [5.74, 6) is -0.976. The van der Waals surface area contributed by atoms with E-state index in [1.165, 1.54) is 13.3 Å². The average Bonchev–Trinajstić information content (AvgIpc) is 2.62. The number of aromatic nitrogens is 1. The number of Topliss-reactive ketones (excluding diaryl/α,β-unsaturated/α-hetero) is 1. The van der Waals surface area contributed by atoms with Gasteiger partial charge in [0.1, 0.15) is 11.6 Å². The highest BCUT2D eigenvalue weighted by Crippen LogP contribution is 2.22. The van der Waals surface area contributed by atoms with Crippen LogP contribution in [0.3, 0.4) is 0 Å². The van der Waals surface area contributed by atoms with E-state index in [0.29, 0.717) is 5.56 Å². The second-order valence-electron chi connectivity index (χ2n) is 6.93. The minimum Gasteiger partial charge on any atom is -0.465 e. The van der Waals surface area contributed by atoms with Crippen LogP contribution < -0.4 is 5.56 Å². The van der Waals surface area contributed by atoms with Gasteiger partial charge in [0.25, 0.3) is 5.56 Å². The van der Waals surface area contributed by atoms with E-state index in [4.69, 9.17) is 5.26 Å². The van der Waals surface area contributed by atoms with E-state index in [-0.39, 0.29) is 28.9 Å². The summed E-state index contributed by atoms with van der Waals surface area (Å²) in [5, 5.41) is 9.08. The summed E-state index contributed by atoms with van der Waals surface area (Å²) in [5.41, 5.74) is 0.704. The van der Waals surface area contributed by atoms with Crippen LogP contribution in [-0.4, -0.2) is 23.4 Å². The van der Waals surface area contributed by atoms with Gasteiger partial charge >= 0.3 is 5.97 Å². The summed E-state index contributed by atoms with van der Waals surface area (Å²) in [7, 11) is 1.20. The molecule has 0 aliphatic carbocycles. The van der Waals surface area contributed by atoms with E-state index >= 15 is 0 Å². The van der Waals surface area contributed by atoms with Crippen molar-refractivity contribution in [2.45, 2.75) is 32.7 Å². The van der Waals surface area contributed by atoms with Gasteiger partial charge < -0.3 is 9.30 Å². The van der Waals surface area contributed by atoms with Gasteiger partial charge in [-0.2, -0.15) is 5.26 Å². The zero-order valence-electron chi connectivity index (χ0n) is 15.2. The van der Waals surface area contributed by atoms with Crippen LogP contribution in [0.15, 0.2) is 41.3 Å². The monoisotopic (exact) mass is 352 g/mol. The maximum Gasteiger partial charge on any atom is 0.339 e. The van der Waals surface area contributed by atoms with E-state index < -0.39 is 11.5 Å². The summed E-state index contributed by atoms with van der Waals surface area (Å²) >= 11 is 0. The van der Waals surface area contributed by atoms with E-state index in [9.17, 15) is 14.4 Å². The van der Waals surface area contributed by atoms with Gasteiger partial charge in [0.2, 0.25) is 0 Å². The fraction of sp³-hybridized carbons (Fsp3) is 0.300. The average molecular weight is 352 g/mol. The number of hydrogen-bond donors (Lipinski definition) is 0. The lowest BCUT2D eigenvalue weighted by Crippen LogP contribution is -2.27. The number of pyridine rings is 1. The van der Waals surface area contributed by atoms with Crippen molar-refractivity contribution in [1.29, 1.82) is 5.26 Å². The first kappa shape index (κ1) is 19.1. The van der Waals surface area contributed by atoms with Crippen molar-refractivity contribution in [2.75, 3.05) is 7.11 Å². The standard InChI is InChI=1S/C20H20N2O4/c1-20(2,3)16-7-5-13(6-8-16)17(23)12-22-11-15(19(25)26-4)9-14(10-21)18(22)24/h5-9,11H,12H2,1-4H3. The number of ketones is 1. The molecule has 0 saturated heterocycles. The smallest absolute Gasteiger partial charge is 0.339 e. The van der Waals surface area contributed by atoms with Crippen LogP contribution >= 0.6 is 0 Å². The van der Waals surface area contributed by atoms with Crippen LogP contribution in [0, 0.1) is 11.3 Å². The Hall–Kier alpha value is -3.20. The lowest BCUT2D eigenvalue weighted by molar-refractivity contribution is 0.0599. The minimum absolute atomic E-state index is 0.0327. The van der Waals surface area contributed by atoms with Crippen molar-refractivity contribution >= 4 is 11.8 Å². The predicted octanol–water partition coefficient (Wildman–Crippen LogP) is 2.69. The highest BCUT2D eigenvalue weighted by atomic mass is 16.5. The fourth-order valence-electron chi connectivity index (χ4n) is 2.46. The molecule has 1 aromatic carbocycles. The SMILES string of the molecule is COC(=O)c1cc(C#N)c(=O)n(CC(=O)c2ccc(C(C)(C)C)cc2)c1. The second kappa shape index (κ2) is 7.36. The highest BCUT2D eigenvalue weighted by Gasteiger charge is 2.17. The number of nitriles is 1. The first-order valence-electron chi connectivity index (χ1n) is 8.04. The van der Waals surface area contributed by atoms with Crippen LogP contribution in [0.5, 0.6) is 0 Å². The molecule has 134 valence electrons. The Balaban J connectivity index is 2.35. The van der Waals surface area contributed by atoms with Gasteiger partial charge in [-0.25, -0.2) is 4.79 Å². The normalized spacial score (nSPS) is 10.9. The molecule has 6 nitrogen and oxygen atoms in total. The molecule has 1 heterocycles. The molecule has 0 bridgehead atoms. The molecule has 0 spiro atoms. The summed E-state index contributed by atoms with van der Waals surface area (Å²) in [4.78, 5) is 36.5. The van der Waals surface area contributed by atoms with Crippen molar-refractivity contribution < 1.29 is 14.3 Å². The molecule has 2 aromatic rings. The number of carbonyl (C=O) groups is 2. The van der Waals surface area contributed by atoms with Crippen LogP contribution in [0.2, 0.25) is 0 Å². The van der Waals surface area contributed by atoms with Gasteiger partial charge in [0.05, 0.1) is 19.2 Å². The Bertz CT molecular complexity index is 942. The number of ether oxygens (including phenoxy) is 1. The maximum atomic E-state index is 12.5. The van der Waals surface area contributed by atoms with Crippen LogP contribution in [-0.2, 0) is 16.7 Å². The Morgan fingerprint density at radius 3 is 2.27 bits per heavy atom. The zero-order chi connectivity index (χ0) is 19.5. The Morgan fingerprint density at radius 2 is 1.77 bits per heavy atom. The Morgan fingerprint density at radius 1 is 1.15 bits per heavy atom. The molecule has 0 saturated carbocycles. The molecule has 0 aliphatic rings. The zero-order valence-corrected chi connectivity index (χ0v) is 15.2. The maximum absolute atomic E-state index is 12.5. The first-order chi connectivity index (χ1) is 12.2. The van der Waals surface area contributed by atoms with Gasteiger partial charge in [0.15, 0.2) is 5.78 Å². The highest BCUT2D eigenvalue weighted by molar-refractivity contribution is 5.96.